The van der Waals surface area contributed by atoms with E-state index in [9.17, 15) is 13.2 Å². The second-order valence-corrected chi connectivity index (χ2v) is 7.89. The zero-order valence-electron chi connectivity index (χ0n) is 13.8. The van der Waals surface area contributed by atoms with Crippen molar-refractivity contribution in [3.05, 3.63) is 29.8 Å². The standard InChI is InChI=1S/C16H25N3O3S.ClH/c1-12-5-7-15(8-6-12)23(21,22)19-10-9-18-16(20)13-3-2-4-14(17)11-13;/h5-8,13-14,19H,2-4,9-11,17H2,1H3,(H,18,20);1H. The molecular weight excluding hydrogens is 350 g/mol. The second kappa shape index (κ2) is 9.36. The van der Waals surface area contributed by atoms with Gasteiger partial charge < -0.3 is 11.1 Å². The van der Waals surface area contributed by atoms with Crippen molar-refractivity contribution >= 4 is 28.3 Å². The highest BCUT2D eigenvalue weighted by Crippen LogP contribution is 2.22. The van der Waals surface area contributed by atoms with Crippen molar-refractivity contribution in [2.45, 2.75) is 43.5 Å². The van der Waals surface area contributed by atoms with Crippen LogP contribution in [-0.2, 0) is 14.8 Å². The van der Waals surface area contributed by atoms with Gasteiger partial charge in [-0.15, -0.1) is 12.4 Å². The highest BCUT2D eigenvalue weighted by Gasteiger charge is 2.25. The molecule has 0 aromatic heterocycles. The molecule has 6 nitrogen and oxygen atoms in total. The number of carbonyl (C=O) groups is 1. The van der Waals surface area contributed by atoms with Crippen molar-refractivity contribution in [1.82, 2.24) is 10.0 Å². The van der Waals surface area contributed by atoms with Crippen molar-refractivity contribution in [3.8, 4) is 0 Å². The van der Waals surface area contributed by atoms with E-state index in [-0.39, 0.29) is 48.3 Å². The van der Waals surface area contributed by atoms with E-state index < -0.39 is 10.0 Å². The Morgan fingerprint density at radius 3 is 2.50 bits per heavy atom. The summed E-state index contributed by atoms with van der Waals surface area (Å²) in [6, 6.07) is 6.74. The van der Waals surface area contributed by atoms with Crippen molar-refractivity contribution in [2.24, 2.45) is 11.7 Å². The molecule has 0 saturated heterocycles. The summed E-state index contributed by atoms with van der Waals surface area (Å²) in [4.78, 5) is 12.3. The van der Waals surface area contributed by atoms with Gasteiger partial charge in [-0.05, 0) is 38.3 Å². The molecule has 1 aromatic carbocycles. The predicted molar refractivity (Wildman–Crippen MR) is 96.6 cm³/mol. The third kappa shape index (κ3) is 6.05. The van der Waals surface area contributed by atoms with Gasteiger partial charge in [0.1, 0.15) is 0 Å². The molecule has 1 aliphatic carbocycles. The maximum absolute atomic E-state index is 12.1. The van der Waals surface area contributed by atoms with Crippen LogP contribution in [0.25, 0.3) is 0 Å². The van der Waals surface area contributed by atoms with Crippen LogP contribution in [0.15, 0.2) is 29.2 Å². The number of nitrogens with two attached hydrogens (primary N) is 1. The largest absolute Gasteiger partial charge is 0.355 e. The fourth-order valence-electron chi connectivity index (χ4n) is 2.78. The van der Waals surface area contributed by atoms with Crippen LogP contribution >= 0.6 is 12.4 Å². The van der Waals surface area contributed by atoms with Crippen LogP contribution in [0.4, 0.5) is 0 Å². The number of nitrogens with one attached hydrogen (secondary N) is 2. The Morgan fingerprint density at radius 2 is 1.88 bits per heavy atom. The normalized spacial score (nSPS) is 20.9. The number of aryl methyl sites for hydroxylation is 1. The Morgan fingerprint density at radius 1 is 1.21 bits per heavy atom. The first kappa shape index (κ1) is 20.9. The molecule has 4 N–H and O–H groups in total. The molecule has 1 fully saturated rings. The van der Waals surface area contributed by atoms with E-state index in [0.717, 1.165) is 24.8 Å². The third-order valence-electron chi connectivity index (χ3n) is 4.13. The number of amides is 1. The first-order chi connectivity index (χ1) is 10.9. The summed E-state index contributed by atoms with van der Waals surface area (Å²) in [6.07, 6.45) is 3.51. The molecule has 0 aliphatic heterocycles. The van der Waals surface area contributed by atoms with E-state index in [1.165, 1.54) is 0 Å². The van der Waals surface area contributed by atoms with Crippen LogP contribution in [0.3, 0.4) is 0 Å². The molecule has 1 amide bonds. The van der Waals surface area contributed by atoms with Gasteiger partial charge in [-0.3, -0.25) is 4.79 Å². The zero-order chi connectivity index (χ0) is 16.9. The van der Waals surface area contributed by atoms with Crippen LogP contribution in [-0.4, -0.2) is 33.5 Å². The lowest BCUT2D eigenvalue weighted by atomic mass is 9.85. The van der Waals surface area contributed by atoms with E-state index in [2.05, 4.69) is 10.0 Å². The molecule has 1 saturated carbocycles. The van der Waals surface area contributed by atoms with Crippen molar-refractivity contribution in [2.75, 3.05) is 13.1 Å². The summed E-state index contributed by atoms with van der Waals surface area (Å²) < 4.78 is 26.7. The smallest absolute Gasteiger partial charge is 0.240 e. The second-order valence-electron chi connectivity index (χ2n) is 6.13. The average Bonchev–Trinajstić information content (AvgIpc) is 2.52. The van der Waals surface area contributed by atoms with Crippen LogP contribution in [0, 0.1) is 12.8 Å². The summed E-state index contributed by atoms with van der Waals surface area (Å²) in [7, 11) is -3.53. The van der Waals surface area contributed by atoms with Gasteiger partial charge in [-0.2, -0.15) is 0 Å². The summed E-state index contributed by atoms with van der Waals surface area (Å²) in [5, 5.41) is 2.78. The minimum absolute atomic E-state index is 0. The molecular formula is C16H26ClN3O3S. The third-order valence-corrected chi connectivity index (χ3v) is 5.61. The zero-order valence-corrected chi connectivity index (χ0v) is 15.5. The monoisotopic (exact) mass is 375 g/mol. The van der Waals surface area contributed by atoms with Gasteiger partial charge in [-0.1, -0.05) is 24.1 Å². The maximum atomic E-state index is 12.1. The van der Waals surface area contributed by atoms with Gasteiger partial charge in [0.15, 0.2) is 0 Å². The number of hydrogen-bond donors (Lipinski definition) is 3. The Hall–Kier alpha value is -1.15. The maximum Gasteiger partial charge on any atom is 0.240 e. The van der Waals surface area contributed by atoms with Gasteiger partial charge in [0, 0.05) is 25.0 Å². The van der Waals surface area contributed by atoms with Crippen LogP contribution in [0.2, 0.25) is 0 Å². The molecule has 0 radical (unpaired) electrons. The molecule has 24 heavy (non-hydrogen) atoms. The minimum Gasteiger partial charge on any atom is -0.355 e. The summed E-state index contributed by atoms with van der Waals surface area (Å²) in [5.41, 5.74) is 6.88. The average molecular weight is 376 g/mol. The van der Waals surface area contributed by atoms with Crippen LogP contribution in [0.1, 0.15) is 31.2 Å². The van der Waals surface area contributed by atoms with Gasteiger partial charge in [0.25, 0.3) is 0 Å². The lowest BCUT2D eigenvalue weighted by Gasteiger charge is -2.25. The van der Waals surface area contributed by atoms with E-state index in [1.807, 2.05) is 6.92 Å². The number of sulfonamides is 1. The summed E-state index contributed by atoms with van der Waals surface area (Å²) >= 11 is 0. The molecule has 136 valence electrons. The number of rotatable bonds is 6. The number of halogens is 1. The minimum atomic E-state index is -3.53. The van der Waals surface area contributed by atoms with E-state index in [0.29, 0.717) is 6.42 Å². The fourth-order valence-corrected chi connectivity index (χ4v) is 3.81. The molecule has 2 rings (SSSR count). The topological polar surface area (TPSA) is 101 Å². The fraction of sp³-hybridized carbons (Fsp3) is 0.562. The SMILES string of the molecule is Cc1ccc(S(=O)(=O)NCCNC(=O)C2CCCC(N)C2)cc1.Cl. The molecule has 1 aliphatic rings. The molecule has 2 unspecified atom stereocenters. The highest BCUT2D eigenvalue weighted by molar-refractivity contribution is 7.89. The first-order valence-electron chi connectivity index (χ1n) is 7.98. The molecule has 8 heteroatoms. The van der Waals surface area contributed by atoms with Crippen LogP contribution in [0.5, 0.6) is 0 Å². The lowest BCUT2D eigenvalue weighted by molar-refractivity contribution is -0.126. The van der Waals surface area contributed by atoms with Crippen molar-refractivity contribution in [3.63, 3.8) is 0 Å². The van der Waals surface area contributed by atoms with Gasteiger partial charge >= 0.3 is 0 Å². The van der Waals surface area contributed by atoms with Gasteiger partial charge in [0.2, 0.25) is 15.9 Å². The summed E-state index contributed by atoms with van der Waals surface area (Å²) in [6.45, 7) is 2.34. The Kier molecular flexibility index (Phi) is 8.15. The molecule has 0 spiro atoms. The molecule has 1 aromatic rings. The van der Waals surface area contributed by atoms with Gasteiger partial charge in [0.05, 0.1) is 4.90 Å². The van der Waals surface area contributed by atoms with Crippen molar-refractivity contribution in [1.29, 1.82) is 0 Å². The van der Waals surface area contributed by atoms with Crippen LogP contribution < -0.4 is 15.8 Å². The van der Waals surface area contributed by atoms with E-state index >= 15 is 0 Å². The van der Waals surface area contributed by atoms with E-state index in [4.69, 9.17) is 5.73 Å². The Balaban J connectivity index is 0.00000288. The Labute approximate surface area is 150 Å². The quantitative estimate of drug-likeness (QED) is 0.653. The van der Waals surface area contributed by atoms with E-state index in [1.54, 1.807) is 24.3 Å². The molecule has 0 bridgehead atoms. The number of benzene rings is 1. The highest BCUT2D eigenvalue weighted by atomic mass is 35.5. The van der Waals surface area contributed by atoms with Gasteiger partial charge in [-0.25, -0.2) is 13.1 Å². The Bertz CT molecular complexity index is 634. The number of hydrogen-bond acceptors (Lipinski definition) is 4. The molecule has 2 atom stereocenters. The lowest BCUT2D eigenvalue weighted by Crippen LogP contribution is -2.40. The molecule has 0 heterocycles. The summed E-state index contributed by atoms with van der Waals surface area (Å²) in [5.74, 6) is -0.0814. The first-order valence-corrected chi connectivity index (χ1v) is 9.46. The number of carbonyl (C=O) groups excluding carboxylic acids is 1. The predicted octanol–water partition coefficient (Wildman–Crippen LogP) is 1.33. The van der Waals surface area contributed by atoms with Crippen molar-refractivity contribution < 1.29 is 13.2 Å².